The molecule has 0 N–H and O–H groups in total. The van der Waals surface area contributed by atoms with Gasteiger partial charge >= 0.3 is 0 Å². The Hall–Kier alpha value is -1.19. The van der Waals surface area contributed by atoms with Gasteiger partial charge in [-0.1, -0.05) is 0 Å². The molecule has 0 aliphatic carbocycles. The summed E-state index contributed by atoms with van der Waals surface area (Å²) < 4.78 is 24.3. The van der Waals surface area contributed by atoms with Crippen LogP contribution >= 0.6 is 0 Å². The second kappa shape index (κ2) is 2.82. The van der Waals surface area contributed by atoms with Crippen molar-refractivity contribution in [3.63, 3.8) is 0 Å². The highest BCUT2D eigenvalue weighted by Crippen LogP contribution is 2.16. The first kappa shape index (κ1) is 7.91. The number of pyridine rings is 1. The van der Waals surface area contributed by atoms with E-state index in [0.29, 0.717) is 10.4 Å². The van der Waals surface area contributed by atoms with Crippen molar-refractivity contribution in [1.82, 2.24) is 0 Å². The molecule has 0 radical (unpaired) electrons. The summed E-state index contributed by atoms with van der Waals surface area (Å²) in [5.74, 6) is 0. The van der Waals surface area contributed by atoms with Crippen LogP contribution in [0, 0.1) is 12.1 Å². The molecule has 0 aliphatic rings. The summed E-state index contributed by atoms with van der Waals surface area (Å²) in [5, 5.41) is 10.7. The molecule has 0 bridgehead atoms. The van der Waals surface area contributed by atoms with Crippen LogP contribution in [0.2, 0.25) is 0 Å². The van der Waals surface area contributed by atoms with Gasteiger partial charge in [0.1, 0.15) is 0 Å². The molecule has 1 rings (SSSR count). The van der Waals surface area contributed by atoms with E-state index in [9.17, 15) is 14.0 Å². The molecule has 0 aliphatic heterocycles. The topological polar surface area (TPSA) is 26.9 Å². The highest BCUT2D eigenvalue weighted by Gasteiger charge is 2.10. The maximum atomic E-state index is 11.9. The van der Waals surface area contributed by atoms with Crippen molar-refractivity contribution in [1.29, 1.82) is 0 Å². The van der Waals surface area contributed by atoms with Crippen molar-refractivity contribution >= 4 is 0 Å². The number of hydrogen-bond acceptors (Lipinski definition) is 1. The van der Waals surface area contributed by atoms with E-state index in [1.807, 2.05) is 0 Å². The molecule has 0 spiro atoms. The lowest BCUT2D eigenvalue weighted by molar-refractivity contribution is -0.613. The average Bonchev–Trinajstić information content (AvgIpc) is 1.94. The van der Waals surface area contributed by atoms with Crippen LogP contribution in [0.15, 0.2) is 18.3 Å². The van der Waals surface area contributed by atoms with Gasteiger partial charge in [-0.2, -0.15) is 4.73 Å². The van der Waals surface area contributed by atoms with E-state index >= 15 is 0 Å². The Bertz CT molecular complexity index is 263. The summed E-state index contributed by atoms with van der Waals surface area (Å²) in [6, 6.07) is 2.61. The molecule has 0 fully saturated rings. The molecule has 60 valence electrons. The summed E-state index contributed by atoms with van der Waals surface area (Å²) in [7, 11) is 0. The van der Waals surface area contributed by atoms with Gasteiger partial charge in [0, 0.05) is 13.0 Å². The van der Waals surface area contributed by atoms with Crippen molar-refractivity contribution in [2.45, 2.75) is 13.3 Å². The van der Waals surface area contributed by atoms with Crippen LogP contribution in [0.4, 0.5) is 8.78 Å². The van der Waals surface area contributed by atoms with Gasteiger partial charge in [-0.3, -0.25) is 0 Å². The lowest BCUT2D eigenvalue weighted by Gasteiger charge is -2.01. The van der Waals surface area contributed by atoms with Crippen LogP contribution in [-0.2, 0) is 0 Å². The van der Waals surface area contributed by atoms with Gasteiger partial charge in [-0.05, 0) is 6.07 Å². The zero-order chi connectivity index (χ0) is 8.43. The van der Waals surface area contributed by atoms with Gasteiger partial charge in [0.2, 0.25) is 0 Å². The zero-order valence-corrected chi connectivity index (χ0v) is 5.92. The minimum Gasteiger partial charge on any atom is -0.618 e. The fourth-order valence-electron chi connectivity index (χ4n) is 0.700. The van der Waals surface area contributed by atoms with Crippen LogP contribution in [0.1, 0.15) is 17.7 Å². The minimum absolute atomic E-state index is 0.245. The van der Waals surface area contributed by atoms with E-state index in [4.69, 9.17) is 0 Å². The third kappa shape index (κ3) is 1.63. The Kier molecular flexibility index (Phi) is 2.03. The van der Waals surface area contributed by atoms with E-state index in [2.05, 4.69) is 0 Å². The third-order valence-electron chi connectivity index (χ3n) is 1.38. The van der Waals surface area contributed by atoms with Gasteiger partial charge in [0.15, 0.2) is 11.9 Å². The lowest BCUT2D eigenvalue weighted by atomic mass is 10.3. The first-order valence-corrected chi connectivity index (χ1v) is 3.09. The maximum absolute atomic E-state index is 11.9. The molecule has 0 saturated heterocycles. The monoisotopic (exact) mass is 159 g/mol. The van der Waals surface area contributed by atoms with Crippen molar-refractivity contribution in [3.05, 3.63) is 34.8 Å². The fraction of sp³-hybridized carbons (Fsp3) is 0.286. The molecule has 0 unspecified atom stereocenters. The Morgan fingerprint density at radius 2 is 2.09 bits per heavy atom. The summed E-state index contributed by atoms with van der Waals surface area (Å²) in [6.07, 6.45) is -1.68. The first-order valence-electron chi connectivity index (χ1n) is 3.09. The predicted molar refractivity (Wildman–Crippen MR) is 35.1 cm³/mol. The standard InChI is InChI=1S/C7H7F2NO/c1-5-2-3-6(7(8)9)4-10(5)11/h2-4,7H,1H3. The van der Waals surface area contributed by atoms with Gasteiger partial charge in [-0.15, -0.1) is 0 Å². The molecule has 1 heterocycles. The van der Waals surface area contributed by atoms with Crippen molar-refractivity contribution < 1.29 is 13.5 Å². The summed E-state index contributed by atoms with van der Waals surface area (Å²) in [5.41, 5.74) is 0.167. The molecule has 2 nitrogen and oxygen atoms in total. The Balaban J connectivity index is 3.05. The Morgan fingerprint density at radius 3 is 2.55 bits per heavy atom. The van der Waals surface area contributed by atoms with Crippen LogP contribution in [0.5, 0.6) is 0 Å². The SMILES string of the molecule is Cc1ccc(C(F)F)c[n+]1[O-]. The average molecular weight is 159 g/mol. The molecule has 0 aromatic carbocycles. The second-order valence-corrected chi connectivity index (χ2v) is 2.23. The molecule has 1 aromatic heterocycles. The zero-order valence-electron chi connectivity index (χ0n) is 5.92. The van der Waals surface area contributed by atoms with Gasteiger partial charge in [0.25, 0.3) is 6.43 Å². The molecule has 11 heavy (non-hydrogen) atoms. The van der Waals surface area contributed by atoms with E-state index < -0.39 is 6.43 Å². The van der Waals surface area contributed by atoms with E-state index in [-0.39, 0.29) is 5.56 Å². The van der Waals surface area contributed by atoms with Crippen LogP contribution in [0.25, 0.3) is 0 Å². The van der Waals surface area contributed by atoms with E-state index in [1.165, 1.54) is 12.1 Å². The summed E-state index contributed by atoms with van der Waals surface area (Å²) >= 11 is 0. The molecule has 0 amide bonds. The van der Waals surface area contributed by atoms with Gasteiger partial charge in [-0.25, -0.2) is 8.78 Å². The highest BCUT2D eigenvalue weighted by atomic mass is 19.3. The fourth-order valence-corrected chi connectivity index (χ4v) is 0.700. The number of aromatic nitrogens is 1. The number of halogens is 2. The summed E-state index contributed by atoms with van der Waals surface area (Å²) in [4.78, 5) is 0. The normalized spacial score (nSPS) is 10.5. The number of alkyl halides is 2. The molecule has 0 saturated carbocycles. The quantitative estimate of drug-likeness (QED) is 0.451. The minimum atomic E-state index is -2.57. The number of rotatable bonds is 1. The van der Waals surface area contributed by atoms with Crippen LogP contribution in [0.3, 0.4) is 0 Å². The van der Waals surface area contributed by atoms with E-state index in [1.54, 1.807) is 6.92 Å². The van der Waals surface area contributed by atoms with Gasteiger partial charge in [0.05, 0.1) is 5.56 Å². The molecular formula is C7H7F2NO. The van der Waals surface area contributed by atoms with Crippen LogP contribution in [-0.4, -0.2) is 0 Å². The summed E-state index contributed by atoms with van der Waals surface area (Å²) in [6.45, 7) is 1.56. The number of hydrogen-bond donors (Lipinski definition) is 0. The second-order valence-electron chi connectivity index (χ2n) is 2.23. The lowest BCUT2D eigenvalue weighted by Crippen LogP contribution is -2.29. The predicted octanol–water partition coefficient (Wildman–Crippen LogP) is 1.57. The third-order valence-corrected chi connectivity index (χ3v) is 1.38. The Morgan fingerprint density at radius 1 is 1.45 bits per heavy atom. The largest absolute Gasteiger partial charge is 0.618 e. The first-order chi connectivity index (χ1) is 5.11. The molecule has 0 atom stereocenters. The smallest absolute Gasteiger partial charge is 0.269 e. The maximum Gasteiger partial charge on any atom is 0.269 e. The van der Waals surface area contributed by atoms with E-state index in [0.717, 1.165) is 6.20 Å². The van der Waals surface area contributed by atoms with Crippen molar-refractivity contribution in [2.24, 2.45) is 0 Å². The molecule has 4 heteroatoms. The van der Waals surface area contributed by atoms with Gasteiger partial charge < -0.3 is 5.21 Å². The Labute approximate surface area is 62.7 Å². The molecule has 1 aromatic rings. The van der Waals surface area contributed by atoms with Crippen molar-refractivity contribution in [3.8, 4) is 0 Å². The molecular weight excluding hydrogens is 152 g/mol. The highest BCUT2D eigenvalue weighted by molar-refractivity contribution is 5.09. The number of nitrogens with zero attached hydrogens (tertiary/aromatic N) is 1. The van der Waals surface area contributed by atoms with Crippen LogP contribution < -0.4 is 4.73 Å². The number of aryl methyl sites for hydroxylation is 1. The van der Waals surface area contributed by atoms with Crippen molar-refractivity contribution in [2.75, 3.05) is 0 Å².